The zero-order valence-corrected chi connectivity index (χ0v) is 16.3. The van der Waals surface area contributed by atoms with E-state index in [-0.39, 0.29) is 42.4 Å². The molecule has 2 heterocycles. The maximum Gasteiger partial charge on any atom is 0.308 e. The number of aromatic nitrogens is 1. The number of carbonyl (C=O) groups is 4. The molecule has 0 unspecified atom stereocenters. The average Bonchev–Trinajstić information content (AvgIpc) is 3.26. The third-order valence-electron chi connectivity index (χ3n) is 6.00. The molecule has 29 heavy (non-hydrogen) atoms. The molecule has 2 amide bonds. The van der Waals surface area contributed by atoms with E-state index in [0.29, 0.717) is 5.56 Å². The van der Waals surface area contributed by atoms with E-state index in [1.165, 1.54) is 11.8 Å². The van der Waals surface area contributed by atoms with Crippen LogP contribution in [0.3, 0.4) is 0 Å². The van der Waals surface area contributed by atoms with Crippen molar-refractivity contribution >= 4 is 34.5 Å². The van der Waals surface area contributed by atoms with Crippen molar-refractivity contribution in [3.8, 4) is 0 Å². The number of likely N-dealkylation sites (tertiary alicyclic amines) is 1. The largest absolute Gasteiger partial charge is 0.454 e. The van der Waals surface area contributed by atoms with E-state index in [0.717, 1.165) is 36.6 Å². The van der Waals surface area contributed by atoms with Crippen molar-refractivity contribution in [3.05, 3.63) is 36.0 Å². The van der Waals surface area contributed by atoms with Crippen molar-refractivity contribution in [2.24, 2.45) is 11.8 Å². The van der Waals surface area contributed by atoms with Crippen LogP contribution in [0.1, 0.15) is 49.4 Å². The molecule has 2 aliphatic rings. The number of para-hydroxylation sites is 1. The molecule has 1 N–H and O–H groups in total. The lowest BCUT2D eigenvalue weighted by atomic mass is 9.81. The van der Waals surface area contributed by atoms with Gasteiger partial charge in [-0.05, 0) is 25.8 Å². The lowest BCUT2D eigenvalue weighted by Gasteiger charge is -2.19. The van der Waals surface area contributed by atoms with Crippen molar-refractivity contribution in [1.29, 1.82) is 0 Å². The van der Waals surface area contributed by atoms with E-state index in [1.54, 1.807) is 6.20 Å². The number of H-pyrrole nitrogens is 1. The Labute approximate surface area is 168 Å². The first-order chi connectivity index (χ1) is 14.0. The van der Waals surface area contributed by atoms with Crippen LogP contribution in [-0.4, -0.2) is 46.1 Å². The van der Waals surface area contributed by atoms with Gasteiger partial charge in [-0.2, -0.15) is 0 Å². The number of amides is 2. The molecule has 1 saturated heterocycles. The van der Waals surface area contributed by atoms with Crippen LogP contribution < -0.4 is 0 Å². The minimum Gasteiger partial charge on any atom is -0.454 e. The highest BCUT2D eigenvalue weighted by molar-refractivity contribution is 6.10. The van der Waals surface area contributed by atoms with Gasteiger partial charge in [0, 0.05) is 29.2 Å². The number of hydrogen-bond donors (Lipinski definition) is 1. The van der Waals surface area contributed by atoms with Crippen molar-refractivity contribution in [1.82, 2.24) is 9.88 Å². The molecule has 7 heteroatoms. The predicted molar refractivity (Wildman–Crippen MR) is 105 cm³/mol. The highest BCUT2D eigenvalue weighted by Crippen LogP contribution is 2.38. The fourth-order valence-corrected chi connectivity index (χ4v) is 4.46. The first-order valence-electron chi connectivity index (χ1n) is 10.1. The molecule has 2 aromatic rings. The molecule has 1 aliphatic heterocycles. The number of hydrogen-bond acceptors (Lipinski definition) is 5. The van der Waals surface area contributed by atoms with Gasteiger partial charge in [0.2, 0.25) is 17.6 Å². The van der Waals surface area contributed by atoms with Crippen molar-refractivity contribution in [3.63, 3.8) is 0 Å². The molecular weight excluding hydrogens is 372 g/mol. The number of ketones is 1. The molecule has 7 nitrogen and oxygen atoms in total. The van der Waals surface area contributed by atoms with E-state index in [1.807, 2.05) is 24.3 Å². The molecule has 152 valence electrons. The quantitative estimate of drug-likeness (QED) is 0.460. The zero-order valence-electron chi connectivity index (χ0n) is 16.3. The van der Waals surface area contributed by atoms with Gasteiger partial charge in [0.05, 0.1) is 18.3 Å². The minimum atomic E-state index is -0.950. The number of fused-ring (bicyclic) bond motifs is 2. The Morgan fingerprint density at radius 2 is 1.79 bits per heavy atom. The Hall–Kier alpha value is -2.96. The third kappa shape index (κ3) is 3.57. The second kappa shape index (κ2) is 7.81. The van der Waals surface area contributed by atoms with Gasteiger partial charge in [-0.1, -0.05) is 31.0 Å². The molecule has 0 spiro atoms. The summed E-state index contributed by atoms with van der Waals surface area (Å²) in [6.45, 7) is 1.54. The number of imide groups is 1. The molecule has 4 rings (SSSR count). The van der Waals surface area contributed by atoms with Crippen LogP contribution in [0.15, 0.2) is 30.5 Å². The summed E-state index contributed by atoms with van der Waals surface area (Å²) < 4.78 is 5.28. The van der Waals surface area contributed by atoms with Gasteiger partial charge in [-0.25, -0.2) is 0 Å². The standard InChI is InChI=1S/C22H24N2O5/c1-13(20(26)17-12-23-18-9-5-4-6-14(17)18)29-19(25)10-11-24-21(27)15-7-2-3-8-16(15)22(24)28/h4-6,9,12-13,15-16,23H,2-3,7-8,10-11H2,1H3/t13-,15-,16-/m0/s1. The fourth-order valence-electron chi connectivity index (χ4n) is 4.46. The number of rotatable bonds is 6. The van der Waals surface area contributed by atoms with Crippen LogP contribution >= 0.6 is 0 Å². The normalized spacial score (nSPS) is 22.6. The molecule has 2 fully saturated rings. The SMILES string of the molecule is C[C@H](OC(=O)CCN1C(=O)[C@H]2CCCC[C@@H]2C1=O)C(=O)c1c[nH]c2ccccc12. The molecular formula is C22H24N2O5. The van der Waals surface area contributed by atoms with Gasteiger partial charge in [0.1, 0.15) is 0 Å². The molecule has 1 aromatic heterocycles. The van der Waals surface area contributed by atoms with E-state index in [4.69, 9.17) is 4.74 Å². The summed E-state index contributed by atoms with van der Waals surface area (Å²) >= 11 is 0. The summed E-state index contributed by atoms with van der Waals surface area (Å²) in [5.41, 5.74) is 1.30. The number of Topliss-reactive ketones (excluding diaryl/α,β-unsaturated/α-hetero) is 1. The van der Waals surface area contributed by atoms with Crippen LogP contribution in [0.4, 0.5) is 0 Å². The number of ether oxygens (including phenoxy) is 1. The number of carbonyl (C=O) groups excluding carboxylic acids is 4. The zero-order chi connectivity index (χ0) is 20.5. The summed E-state index contributed by atoms with van der Waals surface area (Å²) in [7, 11) is 0. The van der Waals surface area contributed by atoms with E-state index in [2.05, 4.69) is 4.98 Å². The molecule has 0 bridgehead atoms. The number of nitrogens with one attached hydrogen (secondary N) is 1. The number of benzene rings is 1. The summed E-state index contributed by atoms with van der Waals surface area (Å²) in [4.78, 5) is 54.1. The maximum atomic E-state index is 12.7. The fraction of sp³-hybridized carbons (Fsp3) is 0.455. The van der Waals surface area contributed by atoms with Gasteiger partial charge in [0.25, 0.3) is 0 Å². The second-order valence-electron chi connectivity index (χ2n) is 7.82. The first kappa shape index (κ1) is 19.4. The Morgan fingerprint density at radius 1 is 1.14 bits per heavy atom. The van der Waals surface area contributed by atoms with E-state index in [9.17, 15) is 19.2 Å². The topological polar surface area (TPSA) is 96.5 Å². The molecule has 1 saturated carbocycles. The van der Waals surface area contributed by atoms with Crippen LogP contribution in [-0.2, 0) is 19.1 Å². The third-order valence-corrected chi connectivity index (χ3v) is 6.00. The van der Waals surface area contributed by atoms with Crippen LogP contribution in [0.5, 0.6) is 0 Å². The van der Waals surface area contributed by atoms with Crippen LogP contribution in [0, 0.1) is 11.8 Å². The number of esters is 1. The minimum absolute atomic E-state index is 0.0114. The summed E-state index contributed by atoms with van der Waals surface area (Å²) in [5.74, 6) is -1.69. The van der Waals surface area contributed by atoms with Gasteiger partial charge in [-0.3, -0.25) is 24.1 Å². The predicted octanol–water partition coefficient (Wildman–Crippen LogP) is 2.85. The van der Waals surface area contributed by atoms with Gasteiger partial charge in [-0.15, -0.1) is 0 Å². The monoisotopic (exact) mass is 396 g/mol. The second-order valence-corrected chi connectivity index (χ2v) is 7.82. The van der Waals surface area contributed by atoms with Crippen molar-refractivity contribution in [2.75, 3.05) is 6.54 Å². The van der Waals surface area contributed by atoms with E-state index < -0.39 is 12.1 Å². The average molecular weight is 396 g/mol. The lowest BCUT2D eigenvalue weighted by Crippen LogP contribution is -2.34. The summed E-state index contributed by atoms with van der Waals surface area (Å²) in [6, 6.07) is 7.40. The highest BCUT2D eigenvalue weighted by Gasteiger charge is 2.47. The Morgan fingerprint density at radius 3 is 2.48 bits per heavy atom. The van der Waals surface area contributed by atoms with E-state index >= 15 is 0 Å². The molecule has 1 aromatic carbocycles. The Bertz CT molecular complexity index is 954. The van der Waals surface area contributed by atoms with Crippen LogP contribution in [0.25, 0.3) is 10.9 Å². The summed E-state index contributed by atoms with van der Waals surface area (Å²) in [6.07, 6.45) is 3.96. The Kier molecular flexibility index (Phi) is 5.22. The number of nitrogens with zero attached hydrogens (tertiary/aromatic N) is 1. The maximum absolute atomic E-state index is 12.7. The smallest absolute Gasteiger partial charge is 0.308 e. The summed E-state index contributed by atoms with van der Waals surface area (Å²) in [5, 5.41) is 0.774. The molecule has 0 radical (unpaired) electrons. The lowest BCUT2D eigenvalue weighted by molar-refractivity contribution is -0.147. The van der Waals surface area contributed by atoms with Crippen molar-refractivity contribution in [2.45, 2.75) is 45.1 Å². The Balaban J connectivity index is 1.34. The van der Waals surface area contributed by atoms with Crippen LogP contribution in [0.2, 0.25) is 0 Å². The highest BCUT2D eigenvalue weighted by atomic mass is 16.5. The van der Waals surface area contributed by atoms with Crippen molar-refractivity contribution < 1.29 is 23.9 Å². The van der Waals surface area contributed by atoms with Gasteiger partial charge >= 0.3 is 5.97 Å². The number of aromatic amines is 1. The van der Waals surface area contributed by atoms with Gasteiger partial charge in [0.15, 0.2) is 6.10 Å². The molecule has 3 atom stereocenters. The first-order valence-corrected chi connectivity index (χ1v) is 10.1. The molecule has 1 aliphatic carbocycles. The van der Waals surface area contributed by atoms with Gasteiger partial charge < -0.3 is 9.72 Å².